The molecule has 0 unspecified atom stereocenters. The van der Waals surface area contributed by atoms with Crippen molar-refractivity contribution in [1.82, 2.24) is 10.2 Å². The summed E-state index contributed by atoms with van der Waals surface area (Å²) in [7, 11) is 1.68. The molecule has 19 heavy (non-hydrogen) atoms. The molecule has 0 aromatic carbocycles. The van der Waals surface area contributed by atoms with Crippen LogP contribution in [0.3, 0.4) is 0 Å². The Balaban J connectivity index is 2.49. The summed E-state index contributed by atoms with van der Waals surface area (Å²) in [5.41, 5.74) is 0.942. The molecular weight excluding hydrogens is 257 g/mol. The molecule has 0 atom stereocenters. The van der Waals surface area contributed by atoms with Gasteiger partial charge in [0.15, 0.2) is 0 Å². The number of aryl methyl sites for hydroxylation is 1. The Morgan fingerprint density at radius 1 is 1.37 bits per heavy atom. The van der Waals surface area contributed by atoms with E-state index in [1.165, 1.54) is 0 Å². The quantitative estimate of drug-likeness (QED) is 0.831. The number of rotatable bonds is 7. The topological polar surface area (TPSA) is 28.4 Å². The molecular formula is C13H21F3N2O. The van der Waals surface area contributed by atoms with Crippen molar-refractivity contribution < 1.29 is 17.6 Å². The smallest absolute Gasteiger partial charge is 0.390 e. The third-order valence-electron chi connectivity index (χ3n) is 2.84. The Kier molecular flexibility index (Phi) is 5.87. The lowest BCUT2D eigenvalue weighted by Gasteiger charge is -2.17. The van der Waals surface area contributed by atoms with Crippen LogP contribution < -0.4 is 5.32 Å². The number of nitrogens with one attached hydrogen (secondary N) is 1. The minimum atomic E-state index is -4.10. The van der Waals surface area contributed by atoms with E-state index in [0.29, 0.717) is 13.1 Å². The lowest BCUT2D eigenvalue weighted by Crippen LogP contribution is -2.24. The van der Waals surface area contributed by atoms with E-state index < -0.39 is 12.6 Å². The Hall–Kier alpha value is -1.01. The molecule has 0 saturated heterocycles. The van der Waals surface area contributed by atoms with Gasteiger partial charge < -0.3 is 14.6 Å². The van der Waals surface area contributed by atoms with E-state index in [1.807, 2.05) is 19.9 Å². The second-order valence-corrected chi connectivity index (χ2v) is 4.68. The van der Waals surface area contributed by atoms with E-state index in [-0.39, 0.29) is 6.54 Å². The van der Waals surface area contributed by atoms with E-state index in [1.54, 1.807) is 11.9 Å². The predicted octanol–water partition coefficient (Wildman–Crippen LogP) is 3.08. The summed E-state index contributed by atoms with van der Waals surface area (Å²) in [5, 5.41) is 3.15. The molecule has 1 N–H and O–H groups in total. The summed E-state index contributed by atoms with van der Waals surface area (Å²) < 4.78 is 41.9. The molecule has 1 heterocycles. The number of nitrogens with zero attached hydrogens (tertiary/aromatic N) is 1. The highest BCUT2D eigenvalue weighted by atomic mass is 19.4. The standard InChI is InChI=1S/C13H21F3N2O/c1-4-17-8-12-7-11(10(2)19-12)9-18(3)6-5-13(14,15)16/h7,17H,4-6,8-9H2,1-3H3. The van der Waals surface area contributed by atoms with Gasteiger partial charge in [-0.1, -0.05) is 6.92 Å². The van der Waals surface area contributed by atoms with Gasteiger partial charge in [-0.15, -0.1) is 0 Å². The SMILES string of the molecule is CCNCc1cc(CN(C)CCC(F)(F)F)c(C)o1. The van der Waals surface area contributed by atoms with Crippen molar-refractivity contribution in [3.05, 3.63) is 23.2 Å². The molecule has 1 aromatic rings. The minimum Gasteiger partial charge on any atom is -0.465 e. The zero-order chi connectivity index (χ0) is 14.5. The highest BCUT2D eigenvalue weighted by molar-refractivity contribution is 5.20. The van der Waals surface area contributed by atoms with Crippen molar-refractivity contribution in [2.75, 3.05) is 20.1 Å². The first kappa shape index (κ1) is 16.0. The van der Waals surface area contributed by atoms with Crippen LogP contribution in [0.4, 0.5) is 13.2 Å². The van der Waals surface area contributed by atoms with Crippen molar-refractivity contribution >= 4 is 0 Å². The van der Waals surface area contributed by atoms with Crippen LogP contribution in [0, 0.1) is 6.92 Å². The van der Waals surface area contributed by atoms with E-state index in [4.69, 9.17) is 4.42 Å². The maximum Gasteiger partial charge on any atom is 0.390 e. The number of furan rings is 1. The van der Waals surface area contributed by atoms with Gasteiger partial charge >= 0.3 is 6.18 Å². The summed E-state index contributed by atoms with van der Waals surface area (Å²) in [4.78, 5) is 1.66. The maximum atomic E-state index is 12.1. The van der Waals surface area contributed by atoms with Crippen LogP contribution in [-0.2, 0) is 13.1 Å². The molecule has 0 amide bonds. The number of hydrogen-bond acceptors (Lipinski definition) is 3. The second-order valence-electron chi connectivity index (χ2n) is 4.68. The molecule has 6 heteroatoms. The molecule has 110 valence electrons. The second kappa shape index (κ2) is 6.96. The molecule has 0 saturated carbocycles. The fourth-order valence-corrected chi connectivity index (χ4v) is 1.77. The van der Waals surface area contributed by atoms with Gasteiger partial charge in [-0.05, 0) is 26.6 Å². The third kappa shape index (κ3) is 6.11. The Labute approximate surface area is 111 Å². The molecule has 0 aliphatic carbocycles. The van der Waals surface area contributed by atoms with Gasteiger partial charge in [-0.3, -0.25) is 0 Å². The zero-order valence-electron chi connectivity index (χ0n) is 11.6. The normalized spacial score (nSPS) is 12.4. The summed E-state index contributed by atoms with van der Waals surface area (Å²) in [5.74, 6) is 1.59. The molecule has 0 aliphatic rings. The van der Waals surface area contributed by atoms with Crippen LogP contribution in [0.15, 0.2) is 10.5 Å². The van der Waals surface area contributed by atoms with Crippen molar-refractivity contribution in [2.24, 2.45) is 0 Å². The van der Waals surface area contributed by atoms with Gasteiger partial charge in [0.2, 0.25) is 0 Å². The Morgan fingerprint density at radius 3 is 2.63 bits per heavy atom. The first-order valence-electron chi connectivity index (χ1n) is 6.36. The lowest BCUT2D eigenvalue weighted by atomic mass is 10.2. The average molecular weight is 278 g/mol. The molecule has 0 radical (unpaired) electrons. The highest BCUT2D eigenvalue weighted by Gasteiger charge is 2.27. The molecule has 0 bridgehead atoms. The van der Waals surface area contributed by atoms with Crippen molar-refractivity contribution in [1.29, 1.82) is 0 Å². The van der Waals surface area contributed by atoms with Gasteiger partial charge in [0.1, 0.15) is 11.5 Å². The van der Waals surface area contributed by atoms with Gasteiger partial charge in [-0.25, -0.2) is 0 Å². The first-order valence-corrected chi connectivity index (χ1v) is 6.36. The Bertz CT molecular complexity index is 388. The summed E-state index contributed by atoms with van der Waals surface area (Å²) >= 11 is 0. The van der Waals surface area contributed by atoms with Crippen molar-refractivity contribution in [3.8, 4) is 0 Å². The fraction of sp³-hybridized carbons (Fsp3) is 0.692. The van der Waals surface area contributed by atoms with Crippen LogP contribution in [-0.4, -0.2) is 31.2 Å². The van der Waals surface area contributed by atoms with Gasteiger partial charge in [-0.2, -0.15) is 13.2 Å². The molecule has 0 fully saturated rings. The number of alkyl halides is 3. The lowest BCUT2D eigenvalue weighted by molar-refractivity contribution is -0.137. The number of hydrogen-bond donors (Lipinski definition) is 1. The van der Waals surface area contributed by atoms with Crippen LogP contribution in [0.25, 0.3) is 0 Å². The van der Waals surface area contributed by atoms with Crippen molar-refractivity contribution in [3.63, 3.8) is 0 Å². The fourth-order valence-electron chi connectivity index (χ4n) is 1.77. The van der Waals surface area contributed by atoms with Gasteiger partial charge in [0.25, 0.3) is 0 Å². The molecule has 1 rings (SSSR count). The first-order chi connectivity index (χ1) is 8.81. The van der Waals surface area contributed by atoms with Crippen LogP contribution in [0.1, 0.15) is 30.4 Å². The van der Waals surface area contributed by atoms with E-state index in [9.17, 15) is 13.2 Å². The largest absolute Gasteiger partial charge is 0.465 e. The molecule has 0 spiro atoms. The van der Waals surface area contributed by atoms with Crippen LogP contribution in [0.2, 0.25) is 0 Å². The summed E-state index contributed by atoms with van der Waals surface area (Å²) in [6.07, 6.45) is -4.89. The average Bonchev–Trinajstić information content (AvgIpc) is 2.64. The summed E-state index contributed by atoms with van der Waals surface area (Å²) in [6, 6.07) is 1.90. The number of halogens is 3. The van der Waals surface area contributed by atoms with Crippen molar-refractivity contribution in [2.45, 2.75) is 39.5 Å². The molecule has 1 aromatic heterocycles. The summed E-state index contributed by atoms with van der Waals surface area (Å²) in [6.45, 7) is 5.79. The minimum absolute atomic E-state index is 0.00331. The highest BCUT2D eigenvalue weighted by Crippen LogP contribution is 2.21. The van der Waals surface area contributed by atoms with Crippen LogP contribution >= 0.6 is 0 Å². The van der Waals surface area contributed by atoms with Gasteiger partial charge in [0, 0.05) is 18.7 Å². The maximum absolute atomic E-state index is 12.1. The van der Waals surface area contributed by atoms with Gasteiger partial charge in [0.05, 0.1) is 13.0 Å². The molecule has 3 nitrogen and oxygen atoms in total. The zero-order valence-corrected chi connectivity index (χ0v) is 11.6. The predicted molar refractivity (Wildman–Crippen MR) is 67.8 cm³/mol. The Morgan fingerprint density at radius 2 is 2.05 bits per heavy atom. The molecule has 0 aliphatic heterocycles. The monoisotopic (exact) mass is 278 g/mol. The van der Waals surface area contributed by atoms with E-state index in [2.05, 4.69) is 5.32 Å². The third-order valence-corrected chi connectivity index (χ3v) is 2.84. The van der Waals surface area contributed by atoms with E-state index in [0.717, 1.165) is 23.6 Å². The van der Waals surface area contributed by atoms with Crippen LogP contribution in [0.5, 0.6) is 0 Å². The van der Waals surface area contributed by atoms with E-state index >= 15 is 0 Å².